The molecule has 18 heavy (non-hydrogen) atoms. The summed E-state index contributed by atoms with van der Waals surface area (Å²) in [6, 6.07) is 7.79. The van der Waals surface area contributed by atoms with E-state index in [2.05, 4.69) is 10.3 Å². The average molecular weight is 244 g/mol. The van der Waals surface area contributed by atoms with Crippen molar-refractivity contribution in [3.63, 3.8) is 0 Å². The Kier molecular flexibility index (Phi) is 3.02. The van der Waals surface area contributed by atoms with Gasteiger partial charge in [-0.05, 0) is 31.0 Å². The van der Waals surface area contributed by atoms with Crippen molar-refractivity contribution in [1.82, 2.24) is 10.3 Å². The summed E-state index contributed by atoms with van der Waals surface area (Å²) >= 11 is 0. The predicted octanol–water partition coefficient (Wildman–Crippen LogP) is 2.08. The van der Waals surface area contributed by atoms with Crippen molar-refractivity contribution in [2.24, 2.45) is 0 Å². The lowest BCUT2D eigenvalue weighted by molar-refractivity contribution is 0.0625. The fourth-order valence-corrected chi connectivity index (χ4v) is 2.40. The normalized spacial score (nSPS) is 19.9. The van der Waals surface area contributed by atoms with Gasteiger partial charge in [0.25, 0.3) is 5.91 Å². The number of aromatic nitrogens is 1. The fraction of sp³-hybridized carbons (Fsp3) is 0.357. The number of carbonyl (C=O) groups is 1. The summed E-state index contributed by atoms with van der Waals surface area (Å²) in [6.45, 7) is 1.43. The number of H-pyrrole nitrogens is 1. The molecular weight excluding hydrogens is 228 g/mol. The van der Waals surface area contributed by atoms with Crippen molar-refractivity contribution in [2.75, 3.05) is 13.2 Å². The minimum Gasteiger partial charge on any atom is -0.379 e. The van der Waals surface area contributed by atoms with Crippen LogP contribution in [-0.4, -0.2) is 30.1 Å². The molecule has 1 saturated heterocycles. The lowest BCUT2D eigenvalue weighted by Gasteiger charge is -2.23. The Morgan fingerprint density at radius 2 is 2.33 bits per heavy atom. The van der Waals surface area contributed by atoms with E-state index in [0.717, 1.165) is 35.9 Å². The van der Waals surface area contributed by atoms with Crippen molar-refractivity contribution >= 4 is 16.8 Å². The van der Waals surface area contributed by atoms with Crippen LogP contribution in [0.3, 0.4) is 0 Å². The van der Waals surface area contributed by atoms with Gasteiger partial charge in [-0.2, -0.15) is 0 Å². The third-order valence-corrected chi connectivity index (χ3v) is 3.34. The van der Waals surface area contributed by atoms with Crippen molar-refractivity contribution < 1.29 is 9.53 Å². The number of rotatable bonds is 2. The number of aromatic amines is 1. The number of benzene rings is 1. The Morgan fingerprint density at radius 1 is 1.39 bits per heavy atom. The second kappa shape index (κ2) is 4.82. The van der Waals surface area contributed by atoms with E-state index < -0.39 is 0 Å². The maximum absolute atomic E-state index is 12.2. The number of hydrogen-bond acceptors (Lipinski definition) is 2. The lowest BCUT2D eigenvalue weighted by Crippen LogP contribution is -2.40. The van der Waals surface area contributed by atoms with E-state index in [9.17, 15) is 4.79 Å². The highest BCUT2D eigenvalue weighted by atomic mass is 16.5. The Balaban J connectivity index is 1.81. The molecule has 1 unspecified atom stereocenters. The van der Waals surface area contributed by atoms with Crippen LogP contribution in [0.4, 0.5) is 0 Å². The Morgan fingerprint density at radius 3 is 3.17 bits per heavy atom. The fourth-order valence-electron chi connectivity index (χ4n) is 2.40. The van der Waals surface area contributed by atoms with Crippen LogP contribution in [0, 0.1) is 0 Å². The molecule has 0 bridgehead atoms. The van der Waals surface area contributed by atoms with Gasteiger partial charge in [0, 0.05) is 29.3 Å². The molecule has 1 amide bonds. The molecule has 1 aromatic heterocycles. The zero-order valence-corrected chi connectivity index (χ0v) is 10.1. The van der Waals surface area contributed by atoms with Gasteiger partial charge < -0.3 is 15.0 Å². The summed E-state index contributed by atoms with van der Waals surface area (Å²) in [5.74, 6) is -0.0179. The van der Waals surface area contributed by atoms with E-state index in [1.807, 2.05) is 30.5 Å². The third kappa shape index (κ3) is 2.11. The zero-order valence-electron chi connectivity index (χ0n) is 10.1. The summed E-state index contributed by atoms with van der Waals surface area (Å²) in [7, 11) is 0. The van der Waals surface area contributed by atoms with Crippen molar-refractivity contribution in [3.05, 3.63) is 36.0 Å². The zero-order chi connectivity index (χ0) is 12.4. The van der Waals surface area contributed by atoms with Crippen LogP contribution < -0.4 is 5.32 Å². The second-order valence-electron chi connectivity index (χ2n) is 4.63. The van der Waals surface area contributed by atoms with E-state index in [-0.39, 0.29) is 11.9 Å². The maximum atomic E-state index is 12.2. The molecule has 4 nitrogen and oxygen atoms in total. The molecule has 4 heteroatoms. The first-order valence-electron chi connectivity index (χ1n) is 6.29. The van der Waals surface area contributed by atoms with Gasteiger partial charge in [-0.1, -0.05) is 6.07 Å². The van der Waals surface area contributed by atoms with Crippen LogP contribution in [0.5, 0.6) is 0 Å². The maximum Gasteiger partial charge on any atom is 0.252 e. The Bertz CT molecular complexity index is 556. The standard InChI is InChI=1S/C14H16N2O2/c17-14(16-10-3-2-8-18-9-10)12-4-1-5-13-11(12)6-7-15-13/h1,4-7,10,15H,2-3,8-9H2,(H,16,17). The molecule has 94 valence electrons. The molecule has 1 aliphatic heterocycles. The quantitative estimate of drug-likeness (QED) is 0.849. The van der Waals surface area contributed by atoms with Crippen LogP contribution in [0.25, 0.3) is 10.9 Å². The molecule has 1 aromatic carbocycles. The van der Waals surface area contributed by atoms with Gasteiger partial charge >= 0.3 is 0 Å². The molecule has 3 rings (SSSR count). The van der Waals surface area contributed by atoms with Crippen LogP contribution in [0.1, 0.15) is 23.2 Å². The summed E-state index contributed by atoms with van der Waals surface area (Å²) in [6.07, 6.45) is 3.86. The third-order valence-electron chi connectivity index (χ3n) is 3.34. The summed E-state index contributed by atoms with van der Waals surface area (Å²) in [5.41, 5.74) is 1.71. The monoisotopic (exact) mass is 244 g/mol. The molecule has 2 heterocycles. The molecule has 2 N–H and O–H groups in total. The van der Waals surface area contributed by atoms with Crippen LogP contribution in [0.2, 0.25) is 0 Å². The van der Waals surface area contributed by atoms with Crippen LogP contribution >= 0.6 is 0 Å². The molecule has 1 aliphatic rings. The number of amides is 1. The highest BCUT2D eigenvalue weighted by Gasteiger charge is 2.18. The molecule has 0 radical (unpaired) electrons. The number of nitrogens with one attached hydrogen (secondary N) is 2. The van der Waals surface area contributed by atoms with E-state index in [1.165, 1.54) is 0 Å². The first kappa shape index (κ1) is 11.3. The van der Waals surface area contributed by atoms with E-state index in [0.29, 0.717) is 6.61 Å². The first-order valence-corrected chi connectivity index (χ1v) is 6.29. The number of fused-ring (bicyclic) bond motifs is 1. The average Bonchev–Trinajstić information content (AvgIpc) is 2.87. The van der Waals surface area contributed by atoms with E-state index >= 15 is 0 Å². The van der Waals surface area contributed by atoms with Crippen molar-refractivity contribution in [2.45, 2.75) is 18.9 Å². The minimum absolute atomic E-state index is 0.0179. The molecule has 2 aromatic rings. The lowest BCUT2D eigenvalue weighted by atomic mass is 10.1. The van der Waals surface area contributed by atoms with Gasteiger partial charge in [0.05, 0.1) is 12.6 Å². The van der Waals surface area contributed by atoms with Crippen LogP contribution in [0.15, 0.2) is 30.5 Å². The topological polar surface area (TPSA) is 54.1 Å². The molecule has 1 atom stereocenters. The predicted molar refractivity (Wildman–Crippen MR) is 69.6 cm³/mol. The number of hydrogen-bond donors (Lipinski definition) is 2. The molecule has 0 spiro atoms. The number of ether oxygens (including phenoxy) is 1. The van der Waals surface area contributed by atoms with Crippen LogP contribution in [-0.2, 0) is 4.74 Å². The summed E-state index contributed by atoms with van der Waals surface area (Å²) in [4.78, 5) is 15.4. The number of carbonyl (C=O) groups excluding carboxylic acids is 1. The molecular formula is C14H16N2O2. The van der Waals surface area contributed by atoms with Gasteiger partial charge in [0.1, 0.15) is 0 Å². The molecule has 1 fully saturated rings. The Hall–Kier alpha value is -1.81. The first-order chi connectivity index (χ1) is 8.84. The largest absolute Gasteiger partial charge is 0.379 e. The molecule has 0 aliphatic carbocycles. The summed E-state index contributed by atoms with van der Waals surface area (Å²) in [5, 5.41) is 4.00. The van der Waals surface area contributed by atoms with Gasteiger partial charge in [-0.3, -0.25) is 4.79 Å². The summed E-state index contributed by atoms with van der Waals surface area (Å²) < 4.78 is 5.37. The second-order valence-corrected chi connectivity index (χ2v) is 4.63. The minimum atomic E-state index is -0.0179. The molecule has 0 saturated carbocycles. The van der Waals surface area contributed by atoms with Gasteiger partial charge in [0.15, 0.2) is 0 Å². The Labute approximate surface area is 105 Å². The highest BCUT2D eigenvalue weighted by Crippen LogP contribution is 2.17. The van der Waals surface area contributed by atoms with Gasteiger partial charge in [-0.15, -0.1) is 0 Å². The van der Waals surface area contributed by atoms with Gasteiger partial charge in [0.2, 0.25) is 0 Å². The van der Waals surface area contributed by atoms with Gasteiger partial charge in [-0.25, -0.2) is 0 Å². The highest BCUT2D eigenvalue weighted by molar-refractivity contribution is 6.06. The SMILES string of the molecule is O=C(NC1CCCOC1)c1cccc2[nH]ccc12. The smallest absolute Gasteiger partial charge is 0.252 e. The van der Waals surface area contributed by atoms with Crippen molar-refractivity contribution in [1.29, 1.82) is 0 Å². The van der Waals surface area contributed by atoms with E-state index in [1.54, 1.807) is 0 Å². The van der Waals surface area contributed by atoms with E-state index in [4.69, 9.17) is 4.74 Å². The van der Waals surface area contributed by atoms with Crippen molar-refractivity contribution in [3.8, 4) is 0 Å².